The maximum Gasteiger partial charge on any atom is 0.261 e. The van der Waals surface area contributed by atoms with Crippen LogP contribution >= 0.6 is 0 Å². The van der Waals surface area contributed by atoms with Crippen molar-refractivity contribution in [3.05, 3.63) is 90.2 Å². The summed E-state index contributed by atoms with van der Waals surface area (Å²) in [7, 11) is -2.14. The van der Waals surface area contributed by atoms with E-state index in [9.17, 15) is 17.6 Å². The highest BCUT2D eigenvalue weighted by Gasteiger charge is 2.15. The fourth-order valence-corrected chi connectivity index (χ4v) is 3.71. The number of rotatable bonds is 8. The minimum Gasteiger partial charge on any atom is -0.484 e. The Hall–Kier alpha value is -3.39. The first-order valence-electron chi connectivity index (χ1n) is 9.13. The van der Waals surface area contributed by atoms with E-state index in [1.165, 1.54) is 48.5 Å². The van der Waals surface area contributed by atoms with Gasteiger partial charge in [-0.15, -0.1) is 0 Å². The molecule has 3 aromatic rings. The number of nitrogens with zero attached hydrogens (tertiary/aromatic N) is 1. The first kappa shape index (κ1) is 21.3. The normalized spacial score (nSPS) is 11.0. The van der Waals surface area contributed by atoms with Gasteiger partial charge in [0.05, 0.1) is 4.90 Å². The molecule has 1 amide bonds. The van der Waals surface area contributed by atoms with Crippen LogP contribution in [0.15, 0.2) is 83.8 Å². The number of hydrogen-bond donors (Lipinski definition) is 1. The van der Waals surface area contributed by atoms with Gasteiger partial charge in [-0.3, -0.25) is 9.52 Å². The van der Waals surface area contributed by atoms with Crippen LogP contribution in [0.4, 0.5) is 10.1 Å². The molecule has 0 radical (unpaired) electrons. The zero-order valence-electron chi connectivity index (χ0n) is 16.3. The molecule has 8 heteroatoms. The molecule has 0 spiro atoms. The minimum atomic E-state index is -3.83. The predicted octanol–water partition coefficient (Wildman–Crippen LogP) is 3.66. The summed E-state index contributed by atoms with van der Waals surface area (Å²) in [6.45, 7) is 0.304. The average molecular weight is 428 g/mol. The topological polar surface area (TPSA) is 75.7 Å². The van der Waals surface area contributed by atoms with Crippen LogP contribution in [0.1, 0.15) is 5.56 Å². The van der Waals surface area contributed by atoms with E-state index in [0.717, 1.165) is 5.56 Å². The number of ether oxygens (including phenoxy) is 1. The number of anilines is 1. The highest BCUT2D eigenvalue weighted by molar-refractivity contribution is 7.92. The van der Waals surface area contributed by atoms with Crippen LogP contribution in [0.3, 0.4) is 0 Å². The predicted molar refractivity (Wildman–Crippen MR) is 112 cm³/mol. The Labute approximate surface area is 175 Å². The Kier molecular flexibility index (Phi) is 6.68. The fraction of sp³-hybridized carbons (Fsp3) is 0.136. The van der Waals surface area contributed by atoms with Crippen LogP contribution in [-0.4, -0.2) is 32.9 Å². The Morgan fingerprint density at radius 3 is 2.23 bits per heavy atom. The summed E-state index contributed by atoms with van der Waals surface area (Å²) in [5, 5.41) is 0. The summed E-state index contributed by atoms with van der Waals surface area (Å²) in [5.74, 6) is -0.283. The molecule has 3 aromatic carbocycles. The van der Waals surface area contributed by atoms with Gasteiger partial charge in [-0.2, -0.15) is 0 Å². The Balaban J connectivity index is 1.56. The summed E-state index contributed by atoms with van der Waals surface area (Å²) in [4.78, 5) is 13.8. The van der Waals surface area contributed by atoms with Crippen molar-refractivity contribution in [3.8, 4) is 5.75 Å². The smallest absolute Gasteiger partial charge is 0.261 e. The molecule has 0 bridgehead atoms. The van der Waals surface area contributed by atoms with E-state index in [-0.39, 0.29) is 23.1 Å². The van der Waals surface area contributed by atoms with Crippen LogP contribution < -0.4 is 9.46 Å². The van der Waals surface area contributed by atoms with E-state index in [1.807, 2.05) is 30.3 Å². The van der Waals surface area contributed by atoms with Crippen molar-refractivity contribution < 1.29 is 22.3 Å². The van der Waals surface area contributed by atoms with Crippen molar-refractivity contribution in [2.75, 3.05) is 18.4 Å². The van der Waals surface area contributed by atoms with E-state index in [1.54, 1.807) is 11.9 Å². The molecule has 3 rings (SSSR count). The largest absolute Gasteiger partial charge is 0.484 e. The summed E-state index contributed by atoms with van der Waals surface area (Å²) < 4.78 is 45.6. The van der Waals surface area contributed by atoms with E-state index >= 15 is 0 Å². The fourth-order valence-electron chi connectivity index (χ4n) is 2.65. The third-order valence-electron chi connectivity index (χ3n) is 4.28. The maximum atomic E-state index is 13.0. The van der Waals surface area contributed by atoms with Gasteiger partial charge >= 0.3 is 0 Å². The highest BCUT2D eigenvalue weighted by atomic mass is 32.2. The molecule has 30 heavy (non-hydrogen) atoms. The molecular formula is C22H21FN2O4S. The van der Waals surface area contributed by atoms with Crippen molar-refractivity contribution in [2.45, 2.75) is 11.4 Å². The van der Waals surface area contributed by atoms with Gasteiger partial charge in [0.1, 0.15) is 11.6 Å². The van der Waals surface area contributed by atoms with Crippen molar-refractivity contribution in [2.24, 2.45) is 0 Å². The van der Waals surface area contributed by atoms with Gasteiger partial charge in [0.2, 0.25) is 0 Å². The Morgan fingerprint density at radius 1 is 0.967 bits per heavy atom. The van der Waals surface area contributed by atoms with Crippen LogP contribution in [-0.2, 0) is 21.4 Å². The first-order chi connectivity index (χ1) is 14.3. The summed E-state index contributed by atoms with van der Waals surface area (Å²) in [6.07, 6.45) is 0. The summed E-state index contributed by atoms with van der Waals surface area (Å²) in [5.41, 5.74) is 1.26. The quantitative estimate of drug-likeness (QED) is 0.594. The van der Waals surface area contributed by atoms with E-state index < -0.39 is 15.8 Å². The van der Waals surface area contributed by atoms with Gasteiger partial charge in [-0.1, -0.05) is 30.3 Å². The number of sulfonamides is 1. The lowest BCUT2D eigenvalue weighted by Crippen LogP contribution is -2.30. The monoisotopic (exact) mass is 428 g/mol. The molecule has 6 nitrogen and oxygen atoms in total. The third-order valence-corrected chi connectivity index (χ3v) is 5.68. The number of carbonyl (C=O) groups is 1. The summed E-state index contributed by atoms with van der Waals surface area (Å²) >= 11 is 0. The van der Waals surface area contributed by atoms with Crippen LogP contribution in [0.25, 0.3) is 0 Å². The molecule has 0 aliphatic heterocycles. The van der Waals surface area contributed by atoms with E-state index in [4.69, 9.17) is 4.74 Å². The van der Waals surface area contributed by atoms with Crippen molar-refractivity contribution in [1.29, 1.82) is 0 Å². The molecule has 1 N–H and O–H groups in total. The second kappa shape index (κ2) is 9.41. The Bertz CT molecular complexity index is 1090. The molecule has 156 valence electrons. The lowest BCUT2D eigenvalue weighted by molar-refractivity contribution is -0.132. The number of benzene rings is 3. The molecule has 0 fully saturated rings. The zero-order valence-corrected chi connectivity index (χ0v) is 17.1. The molecule has 0 unspecified atom stereocenters. The van der Waals surface area contributed by atoms with E-state index in [2.05, 4.69) is 4.72 Å². The number of likely N-dealkylation sites (N-methyl/N-ethyl adjacent to an activating group) is 1. The number of halogens is 1. The van der Waals surface area contributed by atoms with Crippen LogP contribution in [0, 0.1) is 5.82 Å². The third kappa shape index (κ3) is 5.81. The number of nitrogens with one attached hydrogen (secondary N) is 1. The summed E-state index contributed by atoms with van der Waals surface area (Å²) in [6, 6.07) is 20.3. The minimum absolute atomic E-state index is 0.0201. The maximum absolute atomic E-state index is 13.0. The van der Waals surface area contributed by atoms with Crippen LogP contribution in [0.5, 0.6) is 5.75 Å². The highest BCUT2D eigenvalue weighted by Crippen LogP contribution is 2.19. The molecular weight excluding hydrogens is 407 g/mol. The van der Waals surface area contributed by atoms with Crippen molar-refractivity contribution in [3.63, 3.8) is 0 Å². The lowest BCUT2D eigenvalue weighted by atomic mass is 10.2. The van der Waals surface area contributed by atoms with Gasteiger partial charge in [0.25, 0.3) is 15.9 Å². The number of carbonyl (C=O) groups excluding carboxylic acids is 1. The van der Waals surface area contributed by atoms with Gasteiger partial charge in [-0.05, 0) is 54.1 Å². The molecule has 0 aliphatic rings. The molecule has 0 heterocycles. The number of hydrogen-bond acceptors (Lipinski definition) is 4. The van der Waals surface area contributed by atoms with Gasteiger partial charge in [-0.25, -0.2) is 12.8 Å². The second-order valence-corrected chi connectivity index (χ2v) is 8.29. The van der Waals surface area contributed by atoms with Gasteiger partial charge in [0.15, 0.2) is 6.61 Å². The molecule has 0 saturated carbocycles. The van der Waals surface area contributed by atoms with Crippen molar-refractivity contribution in [1.82, 2.24) is 4.90 Å². The molecule has 0 aromatic heterocycles. The molecule has 0 atom stereocenters. The average Bonchev–Trinajstić information content (AvgIpc) is 2.74. The number of amides is 1. The second-order valence-electron chi connectivity index (χ2n) is 6.61. The lowest BCUT2D eigenvalue weighted by Gasteiger charge is -2.17. The SMILES string of the molecule is CN(Cc1ccccc1)C(=O)COc1ccc(S(=O)(=O)Nc2ccc(F)cc2)cc1. The zero-order chi connectivity index (χ0) is 21.6. The van der Waals surface area contributed by atoms with Gasteiger partial charge in [0, 0.05) is 19.3 Å². The van der Waals surface area contributed by atoms with Gasteiger partial charge < -0.3 is 9.64 Å². The standard InChI is InChI=1S/C22H21FN2O4S/c1-25(15-17-5-3-2-4-6-17)22(26)16-29-20-11-13-21(14-12-20)30(27,28)24-19-9-7-18(23)8-10-19/h2-14,24H,15-16H2,1H3. The first-order valence-corrected chi connectivity index (χ1v) is 10.6. The van der Waals surface area contributed by atoms with Crippen molar-refractivity contribution >= 4 is 21.6 Å². The Morgan fingerprint density at radius 2 is 1.60 bits per heavy atom. The van der Waals surface area contributed by atoms with Crippen LogP contribution in [0.2, 0.25) is 0 Å². The van der Waals surface area contributed by atoms with E-state index in [0.29, 0.717) is 12.3 Å². The molecule has 0 saturated heterocycles. The molecule has 0 aliphatic carbocycles.